The van der Waals surface area contributed by atoms with Gasteiger partial charge in [-0.15, -0.1) is 0 Å². The number of rotatable bonds is 8. The van der Waals surface area contributed by atoms with Crippen LogP contribution in [0.4, 0.5) is 4.79 Å². The van der Waals surface area contributed by atoms with Crippen molar-refractivity contribution in [3.63, 3.8) is 0 Å². The van der Waals surface area contributed by atoms with Crippen LogP contribution in [0.2, 0.25) is 0 Å². The number of urea groups is 1. The zero-order valence-electron chi connectivity index (χ0n) is 12.3. The molecule has 0 heterocycles. The van der Waals surface area contributed by atoms with Gasteiger partial charge < -0.3 is 19.7 Å². The van der Waals surface area contributed by atoms with Crippen molar-refractivity contribution in [2.24, 2.45) is 0 Å². The minimum atomic E-state index is -0.171. The van der Waals surface area contributed by atoms with Gasteiger partial charge in [0.15, 0.2) is 0 Å². The third-order valence-corrected chi connectivity index (χ3v) is 3.24. The van der Waals surface area contributed by atoms with Crippen LogP contribution in [0.3, 0.4) is 0 Å². The zero-order chi connectivity index (χ0) is 15.5. The first-order valence-electron chi connectivity index (χ1n) is 6.63. The molecule has 0 atom stereocenters. The van der Waals surface area contributed by atoms with E-state index in [0.29, 0.717) is 26.3 Å². The maximum atomic E-state index is 12.1. The molecule has 1 aromatic carbocycles. The molecule has 0 radical (unpaired) electrons. The van der Waals surface area contributed by atoms with Crippen LogP contribution >= 0.6 is 15.9 Å². The Morgan fingerprint density at radius 2 is 1.95 bits per heavy atom. The molecule has 21 heavy (non-hydrogen) atoms. The first-order valence-corrected chi connectivity index (χ1v) is 7.42. The number of ether oxygens (including phenoxy) is 2. The molecule has 2 amide bonds. The number of carbonyl (C=O) groups excluding carboxylic acids is 1. The van der Waals surface area contributed by atoms with Gasteiger partial charge in [-0.1, -0.05) is 28.1 Å². The molecule has 0 fully saturated rings. The first kappa shape index (κ1) is 17.7. The largest absolute Gasteiger partial charge is 0.383 e. The first-order chi connectivity index (χ1) is 10.2. The summed E-state index contributed by atoms with van der Waals surface area (Å²) in [5, 5.41) is 2.75. The monoisotopic (exact) mass is 356 g/mol. The lowest BCUT2D eigenvalue weighted by molar-refractivity contribution is 0.124. The van der Waals surface area contributed by atoms with Crippen LogP contribution < -0.4 is 5.32 Å². The second-order valence-electron chi connectivity index (χ2n) is 4.31. The molecule has 0 saturated carbocycles. The number of nitrogens with zero attached hydrogens (tertiary/aromatic N) is 1. The Balaban J connectivity index is 2.51. The van der Waals surface area contributed by atoms with Gasteiger partial charge in [0, 0.05) is 38.0 Å². The van der Waals surface area contributed by atoms with E-state index in [1.807, 2.05) is 30.3 Å². The highest BCUT2D eigenvalue weighted by atomic mass is 79.9. The van der Waals surface area contributed by atoms with Crippen LogP contribution in [0.25, 0.3) is 6.08 Å². The minimum Gasteiger partial charge on any atom is -0.383 e. The molecule has 6 heteroatoms. The van der Waals surface area contributed by atoms with Crippen molar-refractivity contribution in [3.8, 4) is 0 Å². The highest BCUT2D eigenvalue weighted by molar-refractivity contribution is 9.10. The molecule has 1 N–H and O–H groups in total. The molecule has 0 spiro atoms. The molecule has 0 aliphatic rings. The number of nitrogens with one attached hydrogen (secondary N) is 1. The average molecular weight is 357 g/mol. The molecule has 0 saturated heterocycles. The fourth-order valence-corrected chi connectivity index (χ4v) is 2.05. The number of carbonyl (C=O) groups is 1. The van der Waals surface area contributed by atoms with E-state index in [4.69, 9.17) is 9.47 Å². The van der Waals surface area contributed by atoms with Gasteiger partial charge in [-0.3, -0.25) is 0 Å². The SMILES string of the molecule is COCCN(CCOC)C(=O)N/C=C/c1cccc(Br)c1. The van der Waals surface area contributed by atoms with Crippen LogP contribution in [0, 0.1) is 0 Å². The summed E-state index contributed by atoms with van der Waals surface area (Å²) >= 11 is 3.41. The van der Waals surface area contributed by atoms with Gasteiger partial charge in [0.05, 0.1) is 13.2 Å². The number of methoxy groups -OCH3 is 2. The Morgan fingerprint density at radius 1 is 1.29 bits per heavy atom. The summed E-state index contributed by atoms with van der Waals surface area (Å²) in [5.74, 6) is 0. The van der Waals surface area contributed by atoms with E-state index in [2.05, 4.69) is 21.2 Å². The molecule has 116 valence electrons. The number of hydrogen-bond acceptors (Lipinski definition) is 3. The molecular formula is C15H21BrN2O3. The normalized spacial score (nSPS) is 10.8. The van der Waals surface area contributed by atoms with Gasteiger partial charge in [-0.2, -0.15) is 0 Å². The van der Waals surface area contributed by atoms with Gasteiger partial charge in [0.2, 0.25) is 0 Å². The highest BCUT2D eigenvalue weighted by Gasteiger charge is 2.10. The smallest absolute Gasteiger partial charge is 0.321 e. The van der Waals surface area contributed by atoms with Crippen LogP contribution in [0.1, 0.15) is 5.56 Å². The molecule has 0 aromatic heterocycles. The van der Waals surface area contributed by atoms with Crippen molar-refractivity contribution in [2.45, 2.75) is 0 Å². The van der Waals surface area contributed by atoms with Crippen molar-refractivity contribution in [1.29, 1.82) is 0 Å². The Morgan fingerprint density at radius 3 is 2.52 bits per heavy atom. The van der Waals surface area contributed by atoms with E-state index in [9.17, 15) is 4.79 Å². The molecule has 5 nitrogen and oxygen atoms in total. The third-order valence-electron chi connectivity index (χ3n) is 2.75. The summed E-state index contributed by atoms with van der Waals surface area (Å²) in [6, 6.07) is 7.65. The Hall–Kier alpha value is -1.37. The summed E-state index contributed by atoms with van der Waals surface area (Å²) in [4.78, 5) is 13.7. The van der Waals surface area contributed by atoms with Crippen molar-refractivity contribution in [1.82, 2.24) is 10.2 Å². The molecule has 0 bridgehead atoms. The second kappa shape index (κ2) is 10.4. The van der Waals surface area contributed by atoms with Gasteiger partial charge in [-0.05, 0) is 23.8 Å². The van der Waals surface area contributed by atoms with E-state index in [1.54, 1.807) is 25.3 Å². The zero-order valence-corrected chi connectivity index (χ0v) is 13.9. The van der Waals surface area contributed by atoms with E-state index < -0.39 is 0 Å². The summed E-state index contributed by atoms with van der Waals surface area (Å²) in [7, 11) is 3.22. The van der Waals surface area contributed by atoms with Crippen LogP contribution in [-0.2, 0) is 9.47 Å². The van der Waals surface area contributed by atoms with Gasteiger partial charge in [0.1, 0.15) is 0 Å². The summed E-state index contributed by atoms with van der Waals surface area (Å²) in [6.07, 6.45) is 3.48. The van der Waals surface area contributed by atoms with Gasteiger partial charge >= 0.3 is 6.03 Å². The third kappa shape index (κ3) is 7.27. The van der Waals surface area contributed by atoms with Crippen molar-refractivity contribution >= 4 is 28.0 Å². The molecule has 0 aliphatic heterocycles. The summed E-state index contributed by atoms with van der Waals surface area (Å²) in [6.45, 7) is 2.03. The van der Waals surface area contributed by atoms with Crippen LogP contribution in [0.5, 0.6) is 0 Å². The Bertz CT molecular complexity index is 458. The van der Waals surface area contributed by atoms with Crippen molar-refractivity contribution < 1.29 is 14.3 Å². The number of halogens is 1. The summed E-state index contributed by atoms with van der Waals surface area (Å²) in [5.41, 5.74) is 1.00. The minimum absolute atomic E-state index is 0.171. The lowest BCUT2D eigenvalue weighted by Gasteiger charge is -2.21. The predicted molar refractivity (Wildman–Crippen MR) is 87.0 cm³/mol. The molecular weight excluding hydrogens is 336 g/mol. The highest BCUT2D eigenvalue weighted by Crippen LogP contribution is 2.12. The topological polar surface area (TPSA) is 50.8 Å². The van der Waals surface area contributed by atoms with E-state index in [1.165, 1.54) is 0 Å². The Kier molecular flexibility index (Phi) is 8.73. The second-order valence-corrected chi connectivity index (χ2v) is 5.23. The lowest BCUT2D eigenvalue weighted by atomic mass is 10.2. The quantitative estimate of drug-likeness (QED) is 0.778. The lowest BCUT2D eigenvalue weighted by Crippen LogP contribution is -2.41. The van der Waals surface area contributed by atoms with E-state index >= 15 is 0 Å². The number of benzene rings is 1. The Labute approximate surface area is 134 Å². The van der Waals surface area contributed by atoms with Crippen LogP contribution in [0.15, 0.2) is 34.9 Å². The molecule has 0 aliphatic carbocycles. The van der Waals surface area contributed by atoms with Gasteiger partial charge in [-0.25, -0.2) is 4.79 Å². The molecule has 0 unspecified atom stereocenters. The predicted octanol–water partition coefficient (Wildman–Crippen LogP) is 2.72. The maximum absolute atomic E-state index is 12.1. The van der Waals surface area contributed by atoms with E-state index in [0.717, 1.165) is 10.0 Å². The number of amides is 2. The summed E-state index contributed by atoms with van der Waals surface area (Å²) < 4.78 is 11.0. The van der Waals surface area contributed by atoms with E-state index in [-0.39, 0.29) is 6.03 Å². The molecule has 1 aromatic rings. The fraction of sp³-hybridized carbons (Fsp3) is 0.400. The molecule has 1 rings (SSSR count). The van der Waals surface area contributed by atoms with Crippen LogP contribution in [-0.4, -0.2) is 51.5 Å². The maximum Gasteiger partial charge on any atom is 0.321 e. The van der Waals surface area contributed by atoms with Gasteiger partial charge in [0.25, 0.3) is 0 Å². The van der Waals surface area contributed by atoms with Crippen molar-refractivity contribution in [2.75, 3.05) is 40.5 Å². The van der Waals surface area contributed by atoms with Crippen molar-refractivity contribution in [3.05, 3.63) is 40.5 Å². The standard InChI is InChI=1S/C15H21BrN2O3/c1-20-10-8-18(9-11-21-2)15(19)17-7-6-13-4-3-5-14(16)12-13/h3-7,12H,8-11H2,1-2H3,(H,17,19)/b7-6+. The average Bonchev–Trinajstić information content (AvgIpc) is 2.47. The fourth-order valence-electron chi connectivity index (χ4n) is 1.63. The number of hydrogen-bond donors (Lipinski definition) is 1.